The van der Waals surface area contributed by atoms with Gasteiger partial charge >= 0.3 is 0 Å². The first kappa shape index (κ1) is 17.5. The van der Waals surface area contributed by atoms with E-state index in [9.17, 15) is 9.59 Å². The highest BCUT2D eigenvalue weighted by Crippen LogP contribution is 2.15. The van der Waals surface area contributed by atoms with E-state index in [1.807, 2.05) is 12.1 Å². The maximum absolute atomic E-state index is 11.7. The van der Waals surface area contributed by atoms with E-state index >= 15 is 0 Å². The highest BCUT2D eigenvalue weighted by molar-refractivity contribution is 6.33. The fraction of sp³-hybridized carbons (Fsp3) is 0.118. The van der Waals surface area contributed by atoms with Gasteiger partial charge in [0.25, 0.3) is 5.91 Å². The number of halogens is 1. The first-order valence-electron chi connectivity index (χ1n) is 7.11. The number of hydrogen-bond donors (Lipinski definition) is 2. The van der Waals surface area contributed by atoms with Crippen molar-refractivity contribution in [1.29, 1.82) is 0 Å². The largest absolute Gasteiger partial charge is 0.484 e. The first-order chi connectivity index (χ1) is 11.5. The molecule has 124 valence electrons. The summed E-state index contributed by atoms with van der Waals surface area (Å²) < 4.78 is 5.33. The van der Waals surface area contributed by atoms with Crippen LogP contribution in [0.2, 0.25) is 5.02 Å². The predicted molar refractivity (Wildman–Crippen MR) is 93.4 cm³/mol. The Kier molecular flexibility index (Phi) is 6.33. The Morgan fingerprint density at radius 3 is 2.54 bits per heavy atom. The van der Waals surface area contributed by atoms with Crippen molar-refractivity contribution in [3.05, 3.63) is 59.1 Å². The van der Waals surface area contributed by atoms with Crippen LogP contribution in [0.4, 0.5) is 5.69 Å². The molecule has 0 aliphatic carbocycles. The minimum absolute atomic E-state index is 0.153. The Morgan fingerprint density at radius 2 is 1.88 bits per heavy atom. The molecular formula is C17H16ClN3O3. The van der Waals surface area contributed by atoms with E-state index in [1.165, 1.54) is 13.1 Å². The van der Waals surface area contributed by atoms with Gasteiger partial charge in [0.15, 0.2) is 6.61 Å². The van der Waals surface area contributed by atoms with Gasteiger partial charge in [0, 0.05) is 23.2 Å². The number of nitrogens with one attached hydrogen (secondary N) is 2. The summed E-state index contributed by atoms with van der Waals surface area (Å²) in [6.07, 6.45) is 1.46. The molecule has 2 aromatic rings. The van der Waals surface area contributed by atoms with Gasteiger partial charge in [0.1, 0.15) is 5.75 Å². The number of carbonyl (C=O) groups excluding carboxylic acids is 2. The number of rotatable bonds is 6. The van der Waals surface area contributed by atoms with Crippen LogP contribution in [0.5, 0.6) is 5.75 Å². The molecule has 0 radical (unpaired) electrons. The van der Waals surface area contributed by atoms with E-state index in [1.54, 1.807) is 36.4 Å². The van der Waals surface area contributed by atoms with E-state index in [2.05, 4.69) is 15.8 Å². The molecule has 0 spiro atoms. The van der Waals surface area contributed by atoms with Gasteiger partial charge < -0.3 is 10.1 Å². The Morgan fingerprint density at radius 1 is 1.17 bits per heavy atom. The fourth-order valence-electron chi connectivity index (χ4n) is 1.77. The van der Waals surface area contributed by atoms with Gasteiger partial charge in [-0.2, -0.15) is 5.10 Å². The molecule has 0 aliphatic heterocycles. The van der Waals surface area contributed by atoms with Crippen molar-refractivity contribution in [3.63, 3.8) is 0 Å². The number of anilines is 1. The summed E-state index contributed by atoms with van der Waals surface area (Å²) in [5.74, 6) is -0.0435. The van der Waals surface area contributed by atoms with E-state index in [0.717, 1.165) is 0 Å². The van der Waals surface area contributed by atoms with Crippen molar-refractivity contribution in [1.82, 2.24) is 5.43 Å². The van der Waals surface area contributed by atoms with Crippen LogP contribution in [0.15, 0.2) is 53.6 Å². The summed E-state index contributed by atoms with van der Waals surface area (Å²) in [6, 6.07) is 13.8. The zero-order valence-electron chi connectivity index (χ0n) is 13.0. The second-order valence-electron chi connectivity index (χ2n) is 4.81. The SMILES string of the molecule is CC(=O)Nc1ccc(OCC(=O)N/N=C/c2ccccc2Cl)cc1. The molecule has 0 heterocycles. The minimum atomic E-state index is -0.399. The average Bonchev–Trinajstić information content (AvgIpc) is 2.55. The number of nitrogens with zero attached hydrogens (tertiary/aromatic N) is 1. The second kappa shape index (κ2) is 8.69. The summed E-state index contributed by atoms with van der Waals surface area (Å²) in [7, 11) is 0. The standard InChI is InChI=1S/C17H16ClN3O3/c1-12(22)20-14-6-8-15(9-7-14)24-11-17(23)21-19-10-13-4-2-3-5-16(13)18/h2-10H,11H2,1H3,(H,20,22)(H,21,23)/b19-10+. The van der Waals surface area contributed by atoms with E-state index < -0.39 is 5.91 Å². The van der Waals surface area contributed by atoms with Crippen LogP contribution in [0, 0.1) is 0 Å². The van der Waals surface area contributed by atoms with E-state index in [4.69, 9.17) is 16.3 Å². The molecule has 0 unspecified atom stereocenters. The summed E-state index contributed by atoms with van der Waals surface area (Å²) in [5, 5.41) is 7.01. The maximum atomic E-state index is 11.7. The molecule has 2 rings (SSSR count). The third-order valence-electron chi connectivity index (χ3n) is 2.84. The molecule has 7 heteroatoms. The lowest BCUT2D eigenvalue weighted by Gasteiger charge is -2.06. The van der Waals surface area contributed by atoms with Gasteiger partial charge in [-0.15, -0.1) is 0 Å². The Balaban J connectivity index is 1.79. The van der Waals surface area contributed by atoms with E-state index in [0.29, 0.717) is 22.0 Å². The van der Waals surface area contributed by atoms with Gasteiger partial charge in [-0.25, -0.2) is 5.43 Å². The normalized spacial score (nSPS) is 10.4. The summed E-state index contributed by atoms with van der Waals surface area (Å²) in [5.41, 5.74) is 3.71. The van der Waals surface area contributed by atoms with Gasteiger partial charge in [-0.05, 0) is 30.3 Å². The molecule has 2 amide bonds. The smallest absolute Gasteiger partial charge is 0.277 e. The van der Waals surface area contributed by atoms with Crippen LogP contribution >= 0.6 is 11.6 Å². The second-order valence-corrected chi connectivity index (χ2v) is 5.22. The fourth-order valence-corrected chi connectivity index (χ4v) is 1.96. The molecule has 0 saturated heterocycles. The van der Waals surface area contributed by atoms with Crippen molar-refractivity contribution < 1.29 is 14.3 Å². The predicted octanol–water partition coefficient (Wildman–Crippen LogP) is 2.83. The van der Waals surface area contributed by atoms with Crippen LogP contribution in [-0.4, -0.2) is 24.6 Å². The van der Waals surface area contributed by atoms with Crippen LogP contribution in [0.3, 0.4) is 0 Å². The van der Waals surface area contributed by atoms with Crippen LogP contribution in [0.1, 0.15) is 12.5 Å². The molecule has 0 bridgehead atoms. The van der Waals surface area contributed by atoms with E-state index in [-0.39, 0.29) is 12.5 Å². The van der Waals surface area contributed by atoms with Gasteiger partial charge in [-0.1, -0.05) is 29.8 Å². The Hall–Kier alpha value is -2.86. The first-order valence-corrected chi connectivity index (χ1v) is 7.49. The number of benzene rings is 2. The third kappa shape index (κ3) is 5.73. The number of ether oxygens (including phenoxy) is 1. The number of hydrogen-bond acceptors (Lipinski definition) is 4. The number of amides is 2. The molecule has 0 saturated carbocycles. The van der Waals surface area contributed by atoms with Crippen LogP contribution < -0.4 is 15.5 Å². The zero-order valence-corrected chi connectivity index (χ0v) is 13.7. The molecule has 2 N–H and O–H groups in total. The molecule has 6 nitrogen and oxygen atoms in total. The van der Waals surface area contributed by atoms with Crippen LogP contribution in [-0.2, 0) is 9.59 Å². The molecule has 24 heavy (non-hydrogen) atoms. The van der Waals surface area contributed by atoms with Crippen molar-refractivity contribution in [2.45, 2.75) is 6.92 Å². The van der Waals surface area contributed by atoms with Crippen molar-refractivity contribution in [2.75, 3.05) is 11.9 Å². The lowest BCUT2D eigenvalue weighted by molar-refractivity contribution is -0.123. The molecule has 0 atom stereocenters. The number of carbonyl (C=O) groups is 2. The number of hydrazone groups is 1. The van der Waals surface area contributed by atoms with Crippen molar-refractivity contribution >= 4 is 35.3 Å². The van der Waals surface area contributed by atoms with Crippen molar-refractivity contribution in [2.24, 2.45) is 5.10 Å². The monoisotopic (exact) mass is 345 g/mol. The molecular weight excluding hydrogens is 330 g/mol. The summed E-state index contributed by atoms with van der Waals surface area (Å²) in [6.45, 7) is 1.25. The van der Waals surface area contributed by atoms with Crippen molar-refractivity contribution in [3.8, 4) is 5.75 Å². The molecule has 2 aromatic carbocycles. The zero-order chi connectivity index (χ0) is 17.4. The third-order valence-corrected chi connectivity index (χ3v) is 3.19. The Bertz CT molecular complexity index is 745. The topological polar surface area (TPSA) is 79.8 Å². The summed E-state index contributed by atoms with van der Waals surface area (Å²) in [4.78, 5) is 22.6. The maximum Gasteiger partial charge on any atom is 0.277 e. The Labute approximate surface area is 144 Å². The van der Waals surface area contributed by atoms with Gasteiger partial charge in [-0.3, -0.25) is 9.59 Å². The van der Waals surface area contributed by atoms with Crippen LogP contribution in [0.25, 0.3) is 0 Å². The lowest BCUT2D eigenvalue weighted by Crippen LogP contribution is -2.24. The highest BCUT2D eigenvalue weighted by atomic mass is 35.5. The van der Waals surface area contributed by atoms with Gasteiger partial charge in [0.2, 0.25) is 5.91 Å². The minimum Gasteiger partial charge on any atom is -0.484 e. The molecule has 0 fully saturated rings. The van der Waals surface area contributed by atoms with Gasteiger partial charge in [0.05, 0.1) is 6.21 Å². The highest BCUT2D eigenvalue weighted by Gasteiger charge is 2.02. The summed E-state index contributed by atoms with van der Waals surface area (Å²) >= 11 is 5.97. The lowest BCUT2D eigenvalue weighted by atomic mass is 10.2. The average molecular weight is 346 g/mol. The quantitative estimate of drug-likeness (QED) is 0.624. The molecule has 0 aromatic heterocycles. The molecule has 0 aliphatic rings.